The normalized spacial score (nSPS) is 12.0. The first-order chi connectivity index (χ1) is 25.9. The molecule has 7 aromatic rings. The van der Waals surface area contributed by atoms with Gasteiger partial charge in [-0.3, -0.25) is 14.4 Å². The van der Waals surface area contributed by atoms with Crippen LogP contribution < -0.4 is 16.0 Å². The lowest BCUT2D eigenvalue weighted by Gasteiger charge is -2.18. The zero-order valence-electron chi connectivity index (χ0n) is 28.8. The summed E-state index contributed by atoms with van der Waals surface area (Å²) in [6.07, 6.45) is 1.63. The van der Waals surface area contributed by atoms with Crippen LogP contribution in [0.5, 0.6) is 0 Å². The van der Waals surface area contributed by atoms with Crippen molar-refractivity contribution in [1.29, 1.82) is 0 Å². The highest BCUT2D eigenvalue weighted by Crippen LogP contribution is 2.38. The number of thioether (sulfide) groups is 1. The largest absolute Gasteiger partial charge is 0.341 e. The Kier molecular flexibility index (Phi) is 10.8. The van der Waals surface area contributed by atoms with Gasteiger partial charge in [0.15, 0.2) is 0 Å². The number of aryl methyl sites for hydroxylation is 1. The molecule has 1 aromatic heterocycles. The number of nitrogens with zero attached hydrogens (tertiary/aromatic N) is 1. The van der Waals surface area contributed by atoms with Crippen molar-refractivity contribution in [2.24, 2.45) is 0 Å². The molecule has 0 aliphatic heterocycles. The number of rotatable bonds is 11. The second kappa shape index (κ2) is 16.2. The summed E-state index contributed by atoms with van der Waals surface area (Å²) in [7, 11) is 0. The maximum atomic E-state index is 14.0. The monoisotopic (exact) mass is 778 g/mol. The molecule has 0 aliphatic rings. The number of anilines is 2. The Morgan fingerprint density at radius 2 is 1.34 bits per heavy atom. The van der Waals surface area contributed by atoms with Gasteiger partial charge in [0, 0.05) is 54.7 Å². The van der Waals surface area contributed by atoms with Crippen LogP contribution in [0.2, 0.25) is 0 Å². The predicted octanol–water partition coefficient (Wildman–Crippen LogP) is 10.5. The second-order valence-electron chi connectivity index (χ2n) is 12.3. The van der Waals surface area contributed by atoms with Crippen molar-refractivity contribution in [2.75, 3.05) is 10.6 Å². The fraction of sp³-hybridized carbons (Fsp3) is 0.0682. The molecule has 262 valence electrons. The quantitative estimate of drug-likeness (QED) is 0.0901. The highest BCUT2D eigenvalue weighted by atomic mass is 79.9. The van der Waals surface area contributed by atoms with E-state index in [2.05, 4.69) is 61.6 Å². The van der Waals surface area contributed by atoms with Gasteiger partial charge in [-0.25, -0.2) is 0 Å². The number of benzene rings is 6. The average molecular weight is 780 g/mol. The SMILES string of the molecule is CCn1c2ccccc2c2cc(NC(=O)C(Sc3ccc(NC(=O)/C(=C/c4ccc(Br)cc4)NC(=O)c4ccccc4)cc3)c3ccccc3)ccc21. The van der Waals surface area contributed by atoms with E-state index in [0.717, 1.165) is 49.0 Å². The van der Waals surface area contributed by atoms with Crippen LogP contribution in [0.15, 0.2) is 167 Å². The third-order valence-corrected chi connectivity index (χ3v) is 10.6. The summed E-state index contributed by atoms with van der Waals surface area (Å²) < 4.78 is 3.18. The minimum atomic E-state index is -0.544. The van der Waals surface area contributed by atoms with E-state index in [1.807, 2.05) is 97.1 Å². The molecule has 0 fully saturated rings. The fourth-order valence-electron chi connectivity index (χ4n) is 6.20. The lowest BCUT2D eigenvalue weighted by atomic mass is 10.1. The number of hydrogen-bond acceptors (Lipinski definition) is 4. The van der Waals surface area contributed by atoms with Gasteiger partial charge in [0.25, 0.3) is 11.8 Å². The highest BCUT2D eigenvalue weighted by Gasteiger charge is 2.23. The van der Waals surface area contributed by atoms with Crippen molar-refractivity contribution in [1.82, 2.24) is 9.88 Å². The maximum absolute atomic E-state index is 14.0. The van der Waals surface area contributed by atoms with E-state index >= 15 is 0 Å². The zero-order valence-corrected chi connectivity index (χ0v) is 31.2. The van der Waals surface area contributed by atoms with Crippen LogP contribution in [0.1, 0.15) is 33.7 Å². The van der Waals surface area contributed by atoms with Gasteiger partial charge in [0.2, 0.25) is 5.91 Å². The number of aromatic nitrogens is 1. The zero-order chi connectivity index (χ0) is 36.7. The minimum absolute atomic E-state index is 0.0953. The smallest absolute Gasteiger partial charge is 0.272 e. The third kappa shape index (κ3) is 8.27. The van der Waals surface area contributed by atoms with Crippen LogP contribution in [0, 0.1) is 0 Å². The van der Waals surface area contributed by atoms with Gasteiger partial charge in [-0.05, 0) is 96.9 Å². The highest BCUT2D eigenvalue weighted by molar-refractivity contribution is 9.10. The topological polar surface area (TPSA) is 92.2 Å². The molecule has 0 aliphatic carbocycles. The molecular formula is C44H35BrN4O3S. The molecule has 0 saturated carbocycles. The molecule has 0 radical (unpaired) electrons. The molecule has 7 rings (SSSR count). The Balaban J connectivity index is 1.09. The van der Waals surface area contributed by atoms with E-state index in [-0.39, 0.29) is 11.6 Å². The van der Waals surface area contributed by atoms with Gasteiger partial charge >= 0.3 is 0 Å². The number of carbonyl (C=O) groups is 3. The van der Waals surface area contributed by atoms with E-state index in [9.17, 15) is 14.4 Å². The summed E-state index contributed by atoms with van der Waals surface area (Å²) in [5.74, 6) is -1.01. The van der Waals surface area contributed by atoms with E-state index in [1.165, 1.54) is 17.3 Å². The Hall–Kier alpha value is -5.90. The molecular weight excluding hydrogens is 744 g/mol. The summed E-state index contributed by atoms with van der Waals surface area (Å²) in [4.78, 5) is 41.4. The van der Waals surface area contributed by atoms with Crippen molar-refractivity contribution in [3.8, 4) is 0 Å². The van der Waals surface area contributed by atoms with E-state index < -0.39 is 17.1 Å². The van der Waals surface area contributed by atoms with Crippen molar-refractivity contribution >= 4 is 84.7 Å². The van der Waals surface area contributed by atoms with E-state index in [0.29, 0.717) is 11.3 Å². The molecule has 0 bridgehead atoms. The molecule has 1 atom stereocenters. The number of hydrogen-bond donors (Lipinski definition) is 3. The second-order valence-corrected chi connectivity index (χ2v) is 14.4. The van der Waals surface area contributed by atoms with Crippen molar-refractivity contribution in [2.45, 2.75) is 23.6 Å². The van der Waals surface area contributed by atoms with Gasteiger partial charge in [0.05, 0.1) is 0 Å². The molecule has 9 heteroatoms. The predicted molar refractivity (Wildman–Crippen MR) is 220 cm³/mol. The first-order valence-electron chi connectivity index (χ1n) is 17.1. The molecule has 6 aromatic carbocycles. The van der Waals surface area contributed by atoms with Crippen LogP contribution in [-0.4, -0.2) is 22.3 Å². The molecule has 0 saturated heterocycles. The summed E-state index contributed by atoms with van der Waals surface area (Å²) in [6.45, 7) is 2.98. The van der Waals surface area contributed by atoms with Gasteiger partial charge in [-0.2, -0.15) is 0 Å². The van der Waals surface area contributed by atoms with Crippen LogP contribution >= 0.6 is 27.7 Å². The van der Waals surface area contributed by atoms with E-state index in [4.69, 9.17) is 0 Å². The first-order valence-corrected chi connectivity index (χ1v) is 18.8. The van der Waals surface area contributed by atoms with Crippen molar-refractivity contribution in [3.63, 3.8) is 0 Å². The molecule has 0 spiro atoms. The summed E-state index contributed by atoms with van der Waals surface area (Å²) >= 11 is 4.86. The summed E-state index contributed by atoms with van der Waals surface area (Å²) in [6, 6.07) is 47.6. The number of fused-ring (bicyclic) bond motifs is 3. The standard InChI is InChI=1S/C44H35BrN4O3S/c1-2-49-39-16-10-9-15-36(39)37-28-34(23-26-40(37)49)47-44(52)41(30-11-5-3-6-12-30)53-35-24-21-33(22-25-35)46-43(51)38(27-29-17-19-32(45)20-18-29)48-42(50)31-13-7-4-8-14-31/h3-28,41H,2H2,1H3,(H,46,51)(H,47,52)(H,48,50)/b38-27-. The summed E-state index contributed by atoms with van der Waals surface area (Å²) in [5.41, 5.74) is 5.71. The molecule has 1 unspecified atom stereocenters. The Morgan fingerprint density at radius 1 is 0.698 bits per heavy atom. The van der Waals surface area contributed by atoms with Crippen LogP contribution in [-0.2, 0) is 16.1 Å². The average Bonchev–Trinajstić information content (AvgIpc) is 3.51. The fourth-order valence-corrected chi connectivity index (χ4v) is 7.49. The van der Waals surface area contributed by atoms with E-state index in [1.54, 1.807) is 42.5 Å². The number of nitrogens with one attached hydrogen (secondary N) is 3. The summed E-state index contributed by atoms with van der Waals surface area (Å²) in [5, 5.41) is 10.6. The molecule has 3 amide bonds. The van der Waals surface area contributed by atoms with Crippen LogP contribution in [0.25, 0.3) is 27.9 Å². The van der Waals surface area contributed by atoms with Crippen LogP contribution in [0.4, 0.5) is 11.4 Å². The number of amides is 3. The van der Waals surface area contributed by atoms with Crippen molar-refractivity contribution < 1.29 is 14.4 Å². The lowest BCUT2D eigenvalue weighted by Crippen LogP contribution is -2.30. The number of para-hydroxylation sites is 1. The van der Waals surface area contributed by atoms with Gasteiger partial charge < -0.3 is 20.5 Å². The Bertz CT molecular complexity index is 2450. The van der Waals surface area contributed by atoms with Crippen LogP contribution in [0.3, 0.4) is 0 Å². The first kappa shape index (κ1) is 35.5. The molecule has 7 nitrogen and oxygen atoms in total. The number of halogens is 1. The number of carbonyl (C=O) groups excluding carboxylic acids is 3. The van der Waals surface area contributed by atoms with Crippen molar-refractivity contribution in [3.05, 3.63) is 179 Å². The third-order valence-electron chi connectivity index (χ3n) is 8.77. The van der Waals surface area contributed by atoms with Gasteiger partial charge in [-0.15, -0.1) is 11.8 Å². The Morgan fingerprint density at radius 3 is 2.06 bits per heavy atom. The van der Waals surface area contributed by atoms with Gasteiger partial charge in [0.1, 0.15) is 10.9 Å². The molecule has 53 heavy (non-hydrogen) atoms. The van der Waals surface area contributed by atoms with Gasteiger partial charge in [-0.1, -0.05) is 94.8 Å². The minimum Gasteiger partial charge on any atom is -0.341 e. The molecule has 3 N–H and O–H groups in total. The maximum Gasteiger partial charge on any atom is 0.272 e. The Labute approximate surface area is 320 Å². The molecule has 1 heterocycles. The lowest BCUT2D eigenvalue weighted by molar-refractivity contribution is -0.116.